The maximum Gasteiger partial charge on any atom is 0.275 e. The van der Waals surface area contributed by atoms with Gasteiger partial charge in [0, 0.05) is 71.9 Å². The van der Waals surface area contributed by atoms with E-state index in [0.29, 0.717) is 17.1 Å². The van der Waals surface area contributed by atoms with Gasteiger partial charge in [-0.1, -0.05) is 30.3 Å². The summed E-state index contributed by atoms with van der Waals surface area (Å²) in [5, 5.41) is 16.3. The predicted octanol–water partition coefficient (Wildman–Crippen LogP) is 6.97. The van der Waals surface area contributed by atoms with E-state index in [2.05, 4.69) is 73.9 Å². The Hall–Kier alpha value is -4.78. The molecule has 0 aromatic heterocycles. The Morgan fingerprint density at radius 2 is 1.31 bits per heavy atom. The monoisotopic (exact) mass is 560 g/mol. The van der Waals surface area contributed by atoms with E-state index >= 15 is 0 Å². The number of nitrogens with zero attached hydrogens (tertiary/aromatic N) is 4. The van der Waals surface area contributed by atoms with Gasteiger partial charge in [-0.25, -0.2) is 5.01 Å². The molecule has 2 heterocycles. The lowest BCUT2D eigenvalue weighted by molar-refractivity contribution is 0.0675. The topological polar surface area (TPSA) is 68.6 Å². The first kappa shape index (κ1) is 27.4. The average molecular weight is 561 g/mol. The van der Waals surface area contributed by atoms with Gasteiger partial charge in [0.15, 0.2) is 0 Å². The average Bonchev–Trinajstić information content (AvgIpc) is 3.26. The van der Waals surface area contributed by atoms with Crippen LogP contribution < -0.4 is 14.5 Å². The van der Waals surface area contributed by atoms with Gasteiger partial charge in [-0.05, 0) is 75.7 Å². The third-order valence-corrected chi connectivity index (χ3v) is 8.46. The van der Waals surface area contributed by atoms with Gasteiger partial charge in [0.2, 0.25) is 0 Å². The number of hydrazone groups is 1. The Bertz CT molecular complexity index is 1590. The van der Waals surface area contributed by atoms with Crippen LogP contribution in [-0.2, 0) is 5.54 Å². The molecule has 214 valence electrons. The molecule has 0 fully saturated rings. The summed E-state index contributed by atoms with van der Waals surface area (Å²) >= 11 is 0. The van der Waals surface area contributed by atoms with Gasteiger partial charge in [0.05, 0.1) is 6.21 Å². The number of carbonyl (C=O) groups is 1. The number of aromatic hydroxyl groups is 1. The first-order valence-electron chi connectivity index (χ1n) is 14.7. The molecule has 4 aromatic rings. The van der Waals surface area contributed by atoms with Gasteiger partial charge in [0.25, 0.3) is 5.91 Å². The second kappa shape index (κ2) is 10.9. The summed E-state index contributed by atoms with van der Waals surface area (Å²) in [6, 6.07) is 27.1. The fourth-order valence-corrected chi connectivity index (χ4v) is 6.33. The van der Waals surface area contributed by atoms with Crippen LogP contribution in [0.2, 0.25) is 0 Å². The summed E-state index contributed by atoms with van der Waals surface area (Å²) < 4.78 is 6.73. The zero-order valence-electron chi connectivity index (χ0n) is 24.5. The Morgan fingerprint density at radius 1 is 0.762 bits per heavy atom. The summed E-state index contributed by atoms with van der Waals surface area (Å²) in [5.41, 5.74) is 5.07. The van der Waals surface area contributed by atoms with Crippen molar-refractivity contribution in [3.8, 4) is 17.2 Å². The number of hydrogen-bond acceptors (Lipinski definition) is 6. The van der Waals surface area contributed by atoms with Crippen molar-refractivity contribution >= 4 is 23.5 Å². The smallest absolute Gasteiger partial charge is 0.275 e. The van der Waals surface area contributed by atoms with E-state index in [-0.39, 0.29) is 11.7 Å². The summed E-state index contributed by atoms with van der Waals surface area (Å²) in [6.45, 7) is 12.0. The first-order chi connectivity index (χ1) is 20.5. The van der Waals surface area contributed by atoms with E-state index in [1.807, 2.05) is 24.3 Å². The fourth-order valence-electron chi connectivity index (χ4n) is 6.33. The first-order valence-corrected chi connectivity index (χ1v) is 14.7. The molecule has 42 heavy (non-hydrogen) atoms. The molecule has 0 saturated heterocycles. The van der Waals surface area contributed by atoms with E-state index in [9.17, 15) is 9.90 Å². The molecule has 0 unspecified atom stereocenters. The minimum absolute atomic E-state index is 0.175. The van der Waals surface area contributed by atoms with Crippen molar-refractivity contribution in [2.75, 3.05) is 36.0 Å². The minimum atomic E-state index is -1.03. The number of ether oxygens (including phenoxy) is 1. The number of amides is 1. The van der Waals surface area contributed by atoms with E-state index < -0.39 is 5.54 Å². The van der Waals surface area contributed by atoms with Crippen molar-refractivity contribution in [3.63, 3.8) is 0 Å². The normalized spacial score (nSPS) is 14.5. The molecule has 1 spiro atoms. The van der Waals surface area contributed by atoms with Crippen LogP contribution in [0.15, 0.2) is 90.0 Å². The molecule has 4 aromatic carbocycles. The number of carbonyl (C=O) groups excluding carboxylic acids is 1. The number of anilines is 2. The highest BCUT2D eigenvalue weighted by Gasteiger charge is 2.57. The number of hydrogen-bond donors (Lipinski definition) is 1. The largest absolute Gasteiger partial charge is 0.508 e. The second-order valence-corrected chi connectivity index (χ2v) is 10.5. The highest BCUT2D eigenvalue weighted by molar-refractivity contribution is 6.03. The third-order valence-electron chi connectivity index (χ3n) is 8.46. The standard InChI is InChI=1S/C35H36N4O3/c1-5-37(6-2)25-15-19-30-32(21-25)42-33-22-26(38(7-3)8-4)16-20-31(33)35(30)29-12-10-9-11-28(29)34(41)39(35)36-23-24-13-17-27(40)18-14-24/h9-23,40H,5-8H2,1-4H3. The molecule has 0 bridgehead atoms. The zero-order chi connectivity index (χ0) is 29.4. The molecule has 0 atom stereocenters. The Morgan fingerprint density at radius 3 is 1.86 bits per heavy atom. The summed E-state index contributed by atoms with van der Waals surface area (Å²) in [5.74, 6) is 1.41. The van der Waals surface area contributed by atoms with Crippen molar-refractivity contribution in [2.45, 2.75) is 33.2 Å². The predicted molar refractivity (Wildman–Crippen MR) is 168 cm³/mol. The molecule has 0 saturated carbocycles. The van der Waals surface area contributed by atoms with Crippen molar-refractivity contribution in [2.24, 2.45) is 5.10 Å². The maximum absolute atomic E-state index is 14.2. The van der Waals surface area contributed by atoms with Crippen molar-refractivity contribution < 1.29 is 14.6 Å². The molecule has 1 N–H and O–H groups in total. The lowest BCUT2D eigenvalue weighted by Gasteiger charge is -2.42. The van der Waals surface area contributed by atoms with Gasteiger partial charge < -0.3 is 19.6 Å². The van der Waals surface area contributed by atoms with Crippen molar-refractivity contribution in [1.82, 2.24) is 5.01 Å². The van der Waals surface area contributed by atoms with Crippen LogP contribution in [0.4, 0.5) is 11.4 Å². The quantitative estimate of drug-likeness (QED) is 0.236. The Kier molecular flexibility index (Phi) is 7.11. The van der Waals surface area contributed by atoms with E-state index in [4.69, 9.17) is 9.84 Å². The van der Waals surface area contributed by atoms with Crippen LogP contribution in [0.3, 0.4) is 0 Å². The van der Waals surface area contributed by atoms with Crippen LogP contribution >= 0.6 is 0 Å². The van der Waals surface area contributed by atoms with Gasteiger partial charge >= 0.3 is 0 Å². The van der Waals surface area contributed by atoms with E-state index in [0.717, 1.165) is 59.8 Å². The minimum Gasteiger partial charge on any atom is -0.508 e. The number of benzene rings is 4. The number of rotatable bonds is 8. The van der Waals surface area contributed by atoms with Gasteiger partial charge in [-0.2, -0.15) is 5.10 Å². The van der Waals surface area contributed by atoms with Crippen molar-refractivity contribution in [3.05, 3.63) is 113 Å². The number of phenols is 1. The third kappa shape index (κ3) is 4.19. The van der Waals surface area contributed by atoms with Crippen LogP contribution in [-0.4, -0.2) is 48.4 Å². The molecule has 1 amide bonds. The molecule has 2 aliphatic rings. The van der Waals surface area contributed by atoms with Crippen LogP contribution in [0.25, 0.3) is 0 Å². The SMILES string of the molecule is CCN(CC)c1ccc2c(c1)Oc1cc(N(CC)CC)ccc1C21c2ccccc2C(=O)N1N=Cc1ccc(O)cc1. The lowest BCUT2D eigenvalue weighted by Crippen LogP contribution is -2.44. The molecule has 7 heteroatoms. The molecular formula is C35H36N4O3. The Labute approximate surface area is 247 Å². The van der Waals surface area contributed by atoms with Crippen LogP contribution in [0, 0.1) is 0 Å². The number of phenolic OH excluding ortho intramolecular Hbond substituents is 1. The second-order valence-electron chi connectivity index (χ2n) is 10.5. The highest BCUT2D eigenvalue weighted by atomic mass is 16.5. The summed E-state index contributed by atoms with van der Waals surface area (Å²) in [4.78, 5) is 18.8. The van der Waals surface area contributed by atoms with Crippen LogP contribution in [0.5, 0.6) is 17.2 Å². The van der Waals surface area contributed by atoms with E-state index in [1.54, 1.807) is 35.5 Å². The molecule has 7 nitrogen and oxygen atoms in total. The molecule has 2 aliphatic heterocycles. The molecule has 0 radical (unpaired) electrons. The van der Waals surface area contributed by atoms with Gasteiger partial charge in [-0.3, -0.25) is 4.79 Å². The maximum atomic E-state index is 14.2. The number of fused-ring (bicyclic) bond motifs is 6. The zero-order valence-corrected chi connectivity index (χ0v) is 24.5. The van der Waals surface area contributed by atoms with E-state index in [1.165, 1.54) is 0 Å². The van der Waals surface area contributed by atoms with Crippen molar-refractivity contribution in [1.29, 1.82) is 0 Å². The van der Waals surface area contributed by atoms with Gasteiger partial charge in [0.1, 0.15) is 22.8 Å². The van der Waals surface area contributed by atoms with Crippen LogP contribution in [0.1, 0.15) is 60.3 Å². The summed E-state index contributed by atoms with van der Waals surface area (Å²) in [7, 11) is 0. The van der Waals surface area contributed by atoms with Gasteiger partial charge in [-0.15, -0.1) is 0 Å². The summed E-state index contributed by atoms with van der Waals surface area (Å²) in [6.07, 6.45) is 1.67. The highest BCUT2D eigenvalue weighted by Crippen LogP contribution is 2.58. The lowest BCUT2D eigenvalue weighted by atomic mass is 9.75. The fraction of sp³-hybridized carbons (Fsp3) is 0.257. The molecular weight excluding hydrogens is 524 g/mol. The Balaban J connectivity index is 1.63. The molecule has 0 aliphatic carbocycles. The molecule has 6 rings (SSSR count).